The fourth-order valence-corrected chi connectivity index (χ4v) is 5.46. The van der Waals surface area contributed by atoms with Gasteiger partial charge in [-0.25, -0.2) is 4.68 Å². The summed E-state index contributed by atoms with van der Waals surface area (Å²) in [4.78, 5) is 33.5. The first-order chi connectivity index (χ1) is 18.5. The average Bonchev–Trinajstić information content (AvgIpc) is 3.26. The Labute approximate surface area is 235 Å². The molecule has 208 valence electrons. The van der Waals surface area contributed by atoms with E-state index in [-0.39, 0.29) is 24.8 Å². The van der Waals surface area contributed by atoms with Gasteiger partial charge in [-0.15, -0.1) is 5.10 Å². The highest BCUT2D eigenvalue weighted by molar-refractivity contribution is 9.10. The van der Waals surface area contributed by atoms with Crippen LogP contribution in [0, 0.1) is 5.41 Å². The van der Waals surface area contributed by atoms with E-state index in [1.807, 2.05) is 58.2 Å². The van der Waals surface area contributed by atoms with Gasteiger partial charge in [0.1, 0.15) is 12.1 Å². The van der Waals surface area contributed by atoms with Gasteiger partial charge in [-0.2, -0.15) is 4.98 Å². The number of hydrogen-bond acceptors (Lipinski definition) is 8. The van der Waals surface area contributed by atoms with E-state index in [4.69, 9.17) is 4.52 Å². The number of halogens is 1. The molecule has 11 nitrogen and oxygen atoms in total. The van der Waals surface area contributed by atoms with Gasteiger partial charge in [-0.05, 0) is 42.9 Å². The van der Waals surface area contributed by atoms with Crippen molar-refractivity contribution in [3.05, 3.63) is 46.5 Å². The third-order valence-electron chi connectivity index (χ3n) is 7.26. The second kappa shape index (κ2) is 10.8. The number of aromatic nitrogens is 5. The van der Waals surface area contributed by atoms with Crippen molar-refractivity contribution >= 4 is 27.7 Å². The highest BCUT2D eigenvalue weighted by Crippen LogP contribution is 2.40. The largest absolute Gasteiger partial charge is 0.391 e. The fourth-order valence-electron chi connectivity index (χ4n) is 5.06. The first kappa shape index (κ1) is 27.4. The minimum Gasteiger partial charge on any atom is -0.391 e. The molecule has 0 radical (unpaired) electrons. The summed E-state index contributed by atoms with van der Waals surface area (Å²) in [7, 11) is 0. The van der Waals surface area contributed by atoms with Gasteiger partial charge >= 0.3 is 0 Å². The lowest BCUT2D eigenvalue weighted by atomic mass is 9.85. The van der Waals surface area contributed by atoms with E-state index in [1.54, 1.807) is 4.68 Å². The number of aliphatic hydroxyl groups excluding tert-OH is 1. The normalized spacial score (nSPS) is 21.1. The highest BCUT2D eigenvalue weighted by atomic mass is 79.9. The van der Waals surface area contributed by atoms with Gasteiger partial charge in [-0.1, -0.05) is 60.1 Å². The van der Waals surface area contributed by atoms with E-state index in [1.165, 1.54) is 4.90 Å². The summed E-state index contributed by atoms with van der Waals surface area (Å²) in [6, 6.07) is 5.47. The van der Waals surface area contributed by atoms with Gasteiger partial charge in [0.2, 0.25) is 11.8 Å². The lowest BCUT2D eigenvalue weighted by molar-refractivity contribution is -0.144. The lowest BCUT2D eigenvalue weighted by Gasteiger charge is -2.34. The molecular weight excluding hydrogens is 566 g/mol. The van der Waals surface area contributed by atoms with Crippen molar-refractivity contribution in [1.82, 2.24) is 35.4 Å². The minimum absolute atomic E-state index is 0.0692. The minimum atomic E-state index is -0.839. The zero-order valence-corrected chi connectivity index (χ0v) is 24.1. The molecule has 39 heavy (non-hydrogen) atoms. The lowest BCUT2D eigenvalue weighted by Crippen LogP contribution is -2.50. The molecule has 2 aromatic heterocycles. The van der Waals surface area contributed by atoms with Crippen LogP contribution in [-0.2, 0) is 9.59 Å². The van der Waals surface area contributed by atoms with Crippen molar-refractivity contribution in [1.29, 1.82) is 0 Å². The van der Waals surface area contributed by atoms with Crippen molar-refractivity contribution in [3.63, 3.8) is 0 Å². The van der Waals surface area contributed by atoms with E-state index < -0.39 is 29.6 Å². The Kier molecular flexibility index (Phi) is 7.60. The van der Waals surface area contributed by atoms with Crippen LogP contribution < -0.4 is 5.32 Å². The number of benzene rings is 1. The fraction of sp³-hybridized carbons (Fsp3) is 0.556. The third-order valence-corrected chi connectivity index (χ3v) is 7.75. The van der Waals surface area contributed by atoms with E-state index in [2.05, 4.69) is 41.7 Å². The van der Waals surface area contributed by atoms with E-state index in [0.29, 0.717) is 24.1 Å². The van der Waals surface area contributed by atoms with Crippen LogP contribution in [0.1, 0.15) is 82.9 Å². The van der Waals surface area contributed by atoms with Crippen molar-refractivity contribution in [2.45, 2.75) is 83.5 Å². The van der Waals surface area contributed by atoms with E-state index in [0.717, 1.165) is 28.6 Å². The van der Waals surface area contributed by atoms with Gasteiger partial charge in [0, 0.05) is 35.1 Å². The Morgan fingerprint density at radius 3 is 2.72 bits per heavy atom. The number of rotatable bonds is 8. The number of β-amino-alcohol motifs (C(OH)–C–C–N with tert-alkyl or cyclic N) is 1. The second-order valence-corrected chi connectivity index (χ2v) is 12.4. The van der Waals surface area contributed by atoms with Gasteiger partial charge < -0.3 is 19.8 Å². The predicted octanol–water partition coefficient (Wildman–Crippen LogP) is 3.78. The summed E-state index contributed by atoms with van der Waals surface area (Å²) in [5, 5.41) is 26.2. The third kappa shape index (κ3) is 5.91. The molecule has 1 aromatic carbocycles. The molecule has 5 rings (SSSR count). The zero-order valence-electron chi connectivity index (χ0n) is 22.5. The highest BCUT2D eigenvalue weighted by Gasteiger charge is 2.46. The van der Waals surface area contributed by atoms with Crippen molar-refractivity contribution in [3.8, 4) is 11.5 Å². The quantitative estimate of drug-likeness (QED) is 0.398. The maximum absolute atomic E-state index is 14.0. The monoisotopic (exact) mass is 599 g/mol. The summed E-state index contributed by atoms with van der Waals surface area (Å²) in [5.74, 6) is 0.460. The molecule has 3 heterocycles. The van der Waals surface area contributed by atoms with Crippen LogP contribution in [0.4, 0.5) is 0 Å². The molecule has 2 amide bonds. The Balaban J connectivity index is 1.34. The molecule has 1 unspecified atom stereocenters. The first-order valence-electron chi connectivity index (χ1n) is 13.3. The Morgan fingerprint density at radius 1 is 1.28 bits per heavy atom. The number of likely N-dealkylation sites (tertiary alicyclic amines) is 1. The van der Waals surface area contributed by atoms with Gasteiger partial charge in [0.25, 0.3) is 5.89 Å². The second-order valence-electron chi connectivity index (χ2n) is 11.5. The smallest absolute Gasteiger partial charge is 0.258 e. The number of carbonyl (C=O) groups excluding carboxylic acids is 2. The number of aliphatic hydroxyl groups is 1. The number of nitrogens with one attached hydrogen (secondary N) is 1. The Bertz CT molecular complexity index is 1350. The molecule has 0 spiro atoms. The van der Waals surface area contributed by atoms with Crippen LogP contribution in [-0.4, -0.2) is 65.6 Å². The average molecular weight is 601 g/mol. The molecule has 1 aliphatic carbocycles. The SMILES string of the molecule is CCC(NC(=O)[C@@H]1C[C@@H](O)CN1C(=O)[C@@H](n1cc(C2CC2)nn1)C(C)(C)C)c1noc(-c2cccc(Br)c2)n1. The summed E-state index contributed by atoms with van der Waals surface area (Å²) in [5.41, 5.74) is 1.15. The summed E-state index contributed by atoms with van der Waals surface area (Å²) in [6.45, 7) is 7.86. The zero-order chi connectivity index (χ0) is 27.9. The van der Waals surface area contributed by atoms with Crippen LogP contribution in [0.25, 0.3) is 11.5 Å². The molecule has 2 fully saturated rings. The van der Waals surface area contributed by atoms with Crippen LogP contribution in [0.15, 0.2) is 39.5 Å². The number of amides is 2. The molecule has 1 saturated heterocycles. The van der Waals surface area contributed by atoms with Crippen LogP contribution in [0.2, 0.25) is 0 Å². The van der Waals surface area contributed by atoms with Crippen LogP contribution in [0.3, 0.4) is 0 Å². The maximum atomic E-state index is 14.0. The maximum Gasteiger partial charge on any atom is 0.258 e. The molecule has 4 atom stereocenters. The van der Waals surface area contributed by atoms with Crippen LogP contribution >= 0.6 is 15.9 Å². The standard InChI is InChI=1S/C27H34BrN7O4/c1-5-19(23-30-25(39-32-23)16-7-6-8-17(28)11-16)29-24(37)21-12-18(36)13-34(21)26(38)22(27(2,3)4)35-14-20(31-33-35)15-9-10-15/h6-8,11,14-15,18-19,21-22,36H,5,9-10,12-13H2,1-4H3,(H,29,37)/t18-,19?,21+,22-/m1/s1. The number of nitrogens with zero attached hydrogens (tertiary/aromatic N) is 6. The van der Waals surface area contributed by atoms with Gasteiger partial charge in [0.05, 0.1) is 17.8 Å². The van der Waals surface area contributed by atoms with Crippen LogP contribution in [0.5, 0.6) is 0 Å². The number of hydrogen-bond donors (Lipinski definition) is 2. The Hall–Kier alpha value is -3.12. The van der Waals surface area contributed by atoms with Gasteiger partial charge in [0.15, 0.2) is 5.82 Å². The molecule has 1 saturated carbocycles. The van der Waals surface area contributed by atoms with Gasteiger partial charge in [-0.3, -0.25) is 9.59 Å². The van der Waals surface area contributed by atoms with E-state index >= 15 is 0 Å². The molecule has 3 aromatic rings. The molecule has 0 bridgehead atoms. The molecule has 2 N–H and O–H groups in total. The first-order valence-corrected chi connectivity index (χ1v) is 14.1. The summed E-state index contributed by atoms with van der Waals surface area (Å²) in [6.07, 6.45) is 3.86. The topological polar surface area (TPSA) is 139 Å². The predicted molar refractivity (Wildman–Crippen MR) is 145 cm³/mol. The Morgan fingerprint density at radius 2 is 2.05 bits per heavy atom. The molecule has 2 aliphatic rings. The summed E-state index contributed by atoms with van der Waals surface area (Å²) >= 11 is 3.44. The van der Waals surface area contributed by atoms with Crippen molar-refractivity contribution in [2.75, 3.05) is 6.54 Å². The van der Waals surface area contributed by atoms with Crippen molar-refractivity contribution < 1.29 is 19.2 Å². The molecule has 12 heteroatoms. The molecule has 1 aliphatic heterocycles. The van der Waals surface area contributed by atoms with Crippen molar-refractivity contribution in [2.24, 2.45) is 5.41 Å². The number of carbonyl (C=O) groups is 2. The molecular formula is C27H34BrN7O4. The summed E-state index contributed by atoms with van der Waals surface area (Å²) < 4.78 is 7.96. The van der Waals surface area contributed by atoms with E-state index in [9.17, 15) is 14.7 Å².